The van der Waals surface area contributed by atoms with E-state index in [-0.39, 0.29) is 12.0 Å². The Bertz CT molecular complexity index is 1100. The molecular weight excluding hydrogens is 436 g/mol. The molecule has 0 bridgehead atoms. The van der Waals surface area contributed by atoms with Crippen LogP contribution in [0.15, 0.2) is 29.8 Å². The average Bonchev–Trinajstić information content (AvgIpc) is 3.60. The molecule has 1 atom stereocenters. The predicted molar refractivity (Wildman–Crippen MR) is 127 cm³/mol. The van der Waals surface area contributed by atoms with Gasteiger partial charge in [0.25, 0.3) is 5.91 Å². The zero-order valence-corrected chi connectivity index (χ0v) is 19.8. The molecule has 1 amide bonds. The van der Waals surface area contributed by atoms with E-state index < -0.39 is 0 Å². The number of aromatic nitrogens is 3. The maximum absolute atomic E-state index is 13.5. The number of hydrogen-bond donors (Lipinski definition) is 1. The molecule has 0 radical (unpaired) electrons. The van der Waals surface area contributed by atoms with Gasteiger partial charge < -0.3 is 14.4 Å². The van der Waals surface area contributed by atoms with Crippen molar-refractivity contribution >= 4 is 17.2 Å². The third kappa shape index (κ3) is 5.12. The van der Waals surface area contributed by atoms with E-state index in [1.54, 1.807) is 11.3 Å². The number of nitrogens with zero attached hydrogens (tertiary/aromatic N) is 3. The van der Waals surface area contributed by atoms with Crippen LogP contribution in [0.25, 0.3) is 0 Å². The summed E-state index contributed by atoms with van der Waals surface area (Å²) in [5.41, 5.74) is 6.77. The molecule has 0 unspecified atom stereocenters. The smallest absolute Gasteiger partial charge is 0.275 e. The number of hydrogen-bond acceptors (Lipinski definition) is 6. The third-order valence-electron chi connectivity index (χ3n) is 6.46. The van der Waals surface area contributed by atoms with Crippen molar-refractivity contribution in [2.24, 2.45) is 0 Å². The highest BCUT2D eigenvalue weighted by Gasteiger charge is 2.29. The highest BCUT2D eigenvalue weighted by atomic mass is 32.1. The molecule has 33 heavy (non-hydrogen) atoms. The van der Waals surface area contributed by atoms with Crippen molar-refractivity contribution in [2.75, 3.05) is 19.8 Å². The SMILES string of the molecule is Cc1ncsc1CCOc1cccc(CN(C[C@@H]2CCCO2)C(=O)c2n[nH]c3c2CCC3)c1. The second-order valence-electron chi connectivity index (χ2n) is 8.81. The Morgan fingerprint density at radius 2 is 2.27 bits per heavy atom. The normalized spacial score (nSPS) is 17.3. The predicted octanol–water partition coefficient (Wildman–Crippen LogP) is 4.11. The fourth-order valence-corrected chi connectivity index (χ4v) is 5.44. The van der Waals surface area contributed by atoms with Crippen molar-refractivity contribution < 1.29 is 14.3 Å². The van der Waals surface area contributed by atoms with E-state index in [9.17, 15) is 4.79 Å². The van der Waals surface area contributed by atoms with Gasteiger partial charge in [-0.2, -0.15) is 5.10 Å². The minimum atomic E-state index is -0.0168. The number of carbonyl (C=O) groups excluding carboxylic acids is 1. The molecule has 1 aliphatic heterocycles. The van der Waals surface area contributed by atoms with Crippen LogP contribution in [-0.4, -0.2) is 51.9 Å². The highest BCUT2D eigenvalue weighted by Crippen LogP contribution is 2.26. The fourth-order valence-electron chi connectivity index (χ4n) is 4.68. The van der Waals surface area contributed by atoms with E-state index in [1.807, 2.05) is 41.6 Å². The number of nitrogens with one attached hydrogen (secondary N) is 1. The van der Waals surface area contributed by atoms with Gasteiger partial charge in [0.2, 0.25) is 0 Å². The molecule has 174 valence electrons. The summed E-state index contributed by atoms with van der Waals surface area (Å²) in [6.45, 7) is 4.49. The number of H-pyrrole nitrogens is 1. The van der Waals surface area contributed by atoms with E-state index in [4.69, 9.17) is 9.47 Å². The van der Waals surface area contributed by atoms with Crippen LogP contribution in [0.1, 0.15) is 57.1 Å². The first-order valence-electron chi connectivity index (χ1n) is 11.7. The molecular formula is C25H30N4O3S. The first-order chi connectivity index (χ1) is 16.2. The van der Waals surface area contributed by atoms with Gasteiger partial charge >= 0.3 is 0 Å². The van der Waals surface area contributed by atoms with Crippen LogP contribution in [0.4, 0.5) is 0 Å². The molecule has 7 nitrogen and oxygen atoms in total. The summed E-state index contributed by atoms with van der Waals surface area (Å²) >= 11 is 1.67. The Labute approximate surface area is 198 Å². The molecule has 1 aromatic carbocycles. The molecule has 1 saturated heterocycles. The number of aryl methyl sites for hydroxylation is 2. The summed E-state index contributed by atoms with van der Waals surface area (Å²) in [4.78, 5) is 21.0. The fraction of sp³-hybridized carbons (Fsp3) is 0.480. The van der Waals surface area contributed by atoms with E-state index >= 15 is 0 Å². The van der Waals surface area contributed by atoms with Crippen molar-refractivity contribution in [2.45, 2.75) is 58.1 Å². The Hall–Kier alpha value is -2.71. The monoisotopic (exact) mass is 466 g/mol. The molecule has 1 N–H and O–H groups in total. The summed E-state index contributed by atoms with van der Waals surface area (Å²) in [5.74, 6) is 0.803. The minimum Gasteiger partial charge on any atom is -0.493 e. The summed E-state index contributed by atoms with van der Waals surface area (Å²) < 4.78 is 11.9. The van der Waals surface area contributed by atoms with E-state index in [1.165, 1.54) is 4.88 Å². The van der Waals surface area contributed by atoms with Crippen LogP contribution in [0, 0.1) is 6.92 Å². The molecule has 3 heterocycles. The van der Waals surface area contributed by atoms with Gasteiger partial charge in [-0.3, -0.25) is 9.89 Å². The van der Waals surface area contributed by atoms with Crippen molar-refractivity contribution in [3.63, 3.8) is 0 Å². The Balaban J connectivity index is 1.28. The number of rotatable bonds is 9. The first kappa shape index (κ1) is 22.1. The Morgan fingerprint density at radius 1 is 1.33 bits per heavy atom. The zero-order chi connectivity index (χ0) is 22.6. The van der Waals surface area contributed by atoms with Crippen LogP contribution < -0.4 is 4.74 Å². The number of amides is 1. The number of carbonyl (C=O) groups is 1. The van der Waals surface area contributed by atoms with Gasteiger partial charge in [0.15, 0.2) is 5.69 Å². The summed E-state index contributed by atoms with van der Waals surface area (Å²) in [5, 5.41) is 7.45. The minimum absolute atomic E-state index is 0.0168. The second kappa shape index (κ2) is 10.1. The van der Waals surface area contributed by atoms with Crippen LogP contribution in [0.5, 0.6) is 5.75 Å². The molecule has 8 heteroatoms. The molecule has 3 aromatic rings. The van der Waals surface area contributed by atoms with Gasteiger partial charge in [-0.25, -0.2) is 4.98 Å². The lowest BCUT2D eigenvalue weighted by atomic mass is 10.1. The quantitative estimate of drug-likeness (QED) is 0.513. The van der Waals surface area contributed by atoms with Crippen LogP contribution in [0.3, 0.4) is 0 Å². The number of thiazole rings is 1. The lowest BCUT2D eigenvalue weighted by Crippen LogP contribution is -2.37. The molecule has 5 rings (SSSR count). The number of aromatic amines is 1. The maximum Gasteiger partial charge on any atom is 0.275 e. The van der Waals surface area contributed by atoms with Crippen LogP contribution in [0.2, 0.25) is 0 Å². The van der Waals surface area contributed by atoms with Crippen molar-refractivity contribution in [1.29, 1.82) is 0 Å². The van der Waals surface area contributed by atoms with Gasteiger partial charge in [-0.1, -0.05) is 12.1 Å². The van der Waals surface area contributed by atoms with E-state index in [2.05, 4.69) is 15.2 Å². The number of fused-ring (bicyclic) bond motifs is 1. The standard InChI is InChI=1S/C25H30N4O3S/c1-17-23(33-16-26-17)10-12-32-19-6-2-5-18(13-19)14-29(15-20-7-4-11-31-20)25(30)24-21-8-3-9-22(21)27-28-24/h2,5-6,13,16,20H,3-4,7-12,14-15H2,1H3,(H,27,28)/t20-/m0/s1. The molecule has 0 spiro atoms. The van der Waals surface area contributed by atoms with Gasteiger partial charge in [-0.15, -0.1) is 11.3 Å². The lowest BCUT2D eigenvalue weighted by molar-refractivity contribution is 0.0502. The number of benzene rings is 1. The first-order valence-corrected chi connectivity index (χ1v) is 12.6. The summed E-state index contributed by atoms with van der Waals surface area (Å²) in [6.07, 6.45) is 5.94. The van der Waals surface area contributed by atoms with Crippen molar-refractivity contribution in [1.82, 2.24) is 20.1 Å². The topological polar surface area (TPSA) is 80.3 Å². The van der Waals surface area contributed by atoms with E-state index in [0.29, 0.717) is 25.4 Å². The summed E-state index contributed by atoms with van der Waals surface area (Å²) in [6, 6.07) is 8.04. The van der Waals surface area contributed by atoms with Gasteiger partial charge in [0.05, 0.1) is 23.9 Å². The highest BCUT2D eigenvalue weighted by molar-refractivity contribution is 7.09. The second-order valence-corrected chi connectivity index (χ2v) is 9.75. The van der Waals surface area contributed by atoms with Crippen LogP contribution in [-0.2, 0) is 30.5 Å². The Morgan fingerprint density at radius 3 is 3.09 bits per heavy atom. The maximum atomic E-state index is 13.5. The number of ether oxygens (including phenoxy) is 2. The molecule has 2 aromatic heterocycles. The van der Waals surface area contributed by atoms with E-state index in [0.717, 1.165) is 73.4 Å². The van der Waals surface area contributed by atoms with Gasteiger partial charge in [-0.05, 0) is 56.7 Å². The Kier molecular flexibility index (Phi) is 6.73. The van der Waals surface area contributed by atoms with Gasteiger partial charge in [0.1, 0.15) is 5.75 Å². The average molecular weight is 467 g/mol. The molecule has 2 aliphatic rings. The largest absolute Gasteiger partial charge is 0.493 e. The van der Waals surface area contributed by atoms with Crippen molar-refractivity contribution in [3.8, 4) is 5.75 Å². The van der Waals surface area contributed by atoms with Gasteiger partial charge in [0, 0.05) is 42.3 Å². The lowest BCUT2D eigenvalue weighted by Gasteiger charge is -2.25. The molecule has 0 saturated carbocycles. The molecule has 1 aliphatic carbocycles. The molecule has 1 fully saturated rings. The third-order valence-corrected chi connectivity index (χ3v) is 7.45. The zero-order valence-electron chi connectivity index (χ0n) is 19.0. The summed E-state index contributed by atoms with van der Waals surface area (Å²) in [7, 11) is 0. The van der Waals surface area contributed by atoms with Crippen molar-refractivity contribution in [3.05, 3.63) is 62.9 Å². The van der Waals surface area contributed by atoms with Crippen LogP contribution >= 0.6 is 11.3 Å².